The minimum Gasteiger partial charge on any atom is -0.312 e. The minimum absolute atomic E-state index is 0.231. The molecule has 2 rings (SSSR count). The number of rotatable bonds is 6. The Balaban J connectivity index is 2.28. The second-order valence-corrected chi connectivity index (χ2v) is 7.43. The lowest BCUT2D eigenvalue weighted by Gasteiger charge is -2.28. The molecule has 0 unspecified atom stereocenters. The van der Waals surface area contributed by atoms with E-state index in [0.717, 1.165) is 24.9 Å². The third-order valence-electron chi connectivity index (χ3n) is 4.63. The smallest absolute Gasteiger partial charge is 0.255 e. The van der Waals surface area contributed by atoms with E-state index in [4.69, 9.17) is 0 Å². The van der Waals surface area contributed by atoms with Crippen molar-refractivity contribution in [2.24, 2.45) is 5.92 Å². The number of hydrogen-bond acceptors (Lipinski definition) is 2. The average Bonchev–Trinajstić information content (AvgIpc) is 2.49. The lowest BCUT2D eigenvalue weighted by atomic mass is 9.93. The molecule has 0 aliphatic heterocycles. The van der Waals surface area contributed by atoms with Gasteiger partial charge in [0.05, 0.1) is 0 Å². The molecule has 0 atom stereocenters. The van der Waals surface area contributed by atoms with Crippen LogP contribution in [0.15, 0.2) is 16.9 Å². The summed E-state index contributed by atoms with van der Waals surface area (Å²) in [5.41, 5.74) is 2.34. The molecular weight excluding hydrogens is 272 g/mol. The quantitative estimate of drug-likeness (QED) is 0.853. The van der Waals surface area contributed by atoms with Crippen molar-refractivity contribution in [2.45, 2.75) is 78.3 Å². The van der Waals surface area contributed by atoms with E-state index in [1.54, 1.807) is 0 Å². The summed E-state index contributed by atoms with van der Waals surface area (Å²) in [4.78, 5) is 13.0. The summed E-state index contributed by atoms with van der Waals surface area (Å²) in [7, 11) is 0. The van der Waals surface area contributed by atoms with Gasteiger partial charge in [-0.05, 0) is 37.3 Å². The molecule has 1 aromatic heterocycles. The van der Waals surface area contributed by atoms with Crippen LogP contribution in [0.3, 0.4) is 0 Å². The summed E-state index contributed by atoms with van der Waals surface area (Å²) in [6, 6.07) is 4.61. The van der Waals surface area contributed by atoms with Crippen molar-refractivity contribution in [2.75, 3.05) is 6.54 Å². The summed E-state index contributed by atoms with van der Waals surface area (Å²) < 4.78 is 2.12. The number of nitrogens with one attached hydrogen (secondary N) is 1. The Morgan fingerprint density at radius 2 is 1.82 bits per heavy atom. The van der Waals surface area contributed by atoms with Crippen LogP contribution in [0.1, 0.15) is 83.0 Å². The van der Waals surface area contributed by atoms with Crippen LogP contribution in [-0.2, 0) is 6.54 Å². The maximum Gasteiger partial charge on any atom is 0.255 e. The van der Waals surface area contributed by atoms with Gasteiger partial charge in [-0.3, -0.25) is 4.79 Å². The molecule has 0 spiro atoms. The van der Waals surface area contributed by atoms with Gasteiger partial charge < -0.3 is 9.88 Å². The maximum atomic E-state index is 13.0. The molecule has 1 heterocycles. The SMILES string of the molecule is CC(C)CNCc1ccc(C(C)C)n(C2CCCCC2)c1=O. The van der Waals surface area contributed by atoms with E-state index in [0.29, 0.717) is 24.4 Å². The van der Waals surface area contributed by atoms with E-state index < -0.39 is 0 Å². The van der Waals surface area contributed by atoms with E-state index >= 15 is 0 Å². The van der Waals surface area contributed by atoms with Gasteiger partial charge in [0.1, 0.15) is 0 Å². The van der Waals surface area contributed by atoms with Gasteiger partial charge >= 0.3 is 0 Å². The molecule has 0 saturated heterocycles. The fourth-order valence-corrected chi connectivity index (χ4v) is 3.43. The molecule has 1 N–H and O–H groups in total. The van der Waals surface area contributed by atoms with Crippen LogP contribution in [0.25, 0.3) is 0 Å². The van der Waals surface area contributed by atoms with Crippen LogP contribution in [0.5, 0.6) is 0 Å². The molecule has 1 aliphatic carbocycles. The first-order valence-corrected chi connectivity index (χ1v) is 8.95. The normalized spacial score (nSPS) is 16.6. The first kappa shape index (κ1) is 17.3. The predicted octanol–water partition coefficient (Wildman–Crippen LogP) is 4.22. The van der Waals surface area contributed by atoms with Crippen molar-refractivity contribution in [1.82, 2.24) is 9.88 Å². The zero-order valence-corrected chi connectivity index (χ0v) is 14.7. The molecule has 0 amide bonds. The van der Waals surface area contributed by atoms with E-state index in [1.165, 1.54) is 25.0 Å². The molecule has 124 valence electrons. The van der Waals surface area contributed by atoms with E-state index in [9.17, 15) is 4.79 Å². The van der Waals surface area contributed by atoms with Crippen molar-refractivity contribution >= 4 is 0 Å². The topological polar surface area (TPSA) is 34.0 Å². The van der Waals surface area contributed by atoms with Crippen molar-refractivity contribution in [3.05, 3.63) is 33.7 Å². The largest absolute Gasteiger partial charge is 0.312 e. The number of nitrogens with zero attached hydrogens (tertiary/aromatic N) is 1. The molecule has 0 radical (unpaired) electrons. The fraction of sp³-hybridized carbons (Fsp3) is 0.737. The molecule has 22 heavy (non-hydrogen) atoms. The molecule has 0 bridgehead atoms. The van der Waals surface area contributed by atoms with Crippen molar-refractivity contribution in [1.29, 1.82) is 0 Å². The average molecular weight is 304 g/mol. The van der Waals surface area contributed by atoms with Gasteiger partial charge in [-0.25, -0.2) is 0 Å². The number of aromatic nitrogens is 1. The molecule has 1 fully saturated rings. The highest BCUT2D eigenvalue weighted by Gasteiger charge is 2.21. The third kappa shape index (κ3) is 4.22. The molecule has 3 nitrogen and oxygen atoms in total. The van der Waals surface area contributed by atoms with Crippen LogP contribution in [0.4, 0.5) is 0 Å². The Bertz CT molecular complexity index is 525. The van der Waals surface area contributed by atoms with Gasteiger partial charge in [0.15, 0.2) is 0 Å². The van der Waals surface area contributed by atoms with Crippen molar-refractivity contribution in [3.63, 3.8) is 0 Å². The Hall–Kier alpha value is -1.09. The van der Waals surface area contributed by atoms with Crippen molar-refractivity contribution < 1.29 is 0 Å². The predicted molar refractivity (Wildman–Crippen MR) is 93.5 cm³/mol. The van der Waals surface area contributed by atoms with Crippen LogP contribution in [0, 0.1) is 5.92 Å². The van der Waals surface area contributed by atoms with Gasteiger partial charge in [-0.2, -0.15) is 0 Å². The number of hydrogen-bond donors (Lipinski definition) is 1. The summed E-state index contributed by atoms with van der Waals surface area (Å²) >= 11 is 0. The Labute approximate surface area is 135 Å². The van der Waals surface area contributed by atoms with Gasteiger partial charge in [-0.15, -0.1) is 0 Å². The van der Waals surface area contributed by atoms with E-state index in [-0.39, 0.29) is 5.56 Å². The van der Waals surface area contributed by atoms with Crippen LogP contribution in [0.2, 0.25) is 0 Å². The summed E-state index contributed by atoms with van der Waals surface area (Å²) in [5.74, 6) is 1.00. The Morgan fingerprint density at radius 3 is 2.41 bits per heavy atom. The van der Waals surface area contributed by atoms with Gasteiger partial charge in [0, 0.05) is 23.8 Å². The third-order valence-corrected chi connectivity index (χ3v) is 4.63. The first-order valence-electron chi connectivity index (χ1n) is 8.95. The van der Waals surface area contributed by atoms with Gasteiger partial charge in [0.2, 0.25) is 0 Å². The highest BCUT2D eigenvalue weighted by molar-refractivity contribution is 5.19. The summed E-state index contributed by atoms with van der Waals surface area (Å²) in [6.45, 7) is 10.4. The lowest BCUT2D eigenvalue weighted by molar-refractivity contribution is 0.334. The number of pyridine rings is 1. The summed E-state index contributed by atoms with van der Waals surface area (Å²) in [5, 5.41) is 3.41. The highest BCUT2D eigenvalue weighted by atomic mass is 16.1. The summed E-state index contributed by atoms with van der Waals surface area (Å²) in [6.07, 6.45) is 6.14. The minimum atomic E-state index is 0.231. The first-order chi connectivity index (χ1) is 10.5. The second kappa shape index (κ2) is 7.96. The standard InChI is InChI=1S/C19H32N2O/c1-14(2)12-20-13-16-10-11-18(15(3)4)21(19(16)22)17-8-6-5-7-9-17/h10-11,14-15,17,20H,5-9,12-13H2,1-4H3. The molecule has 3 heteroatoms. The zero-order chi connectivity index (χ0) is 16.1. The fourth-order valence-electron chi connectivity index (χ4n) is 3.43. The second-order valence-electron chi connectivity index (χ2n) is 7.43. The van der Waals surface area contributed by atoms with E-state index in [2.05, 4.69) is 43.6 Å². The van der Waals surface area contributed by atoms with Crippen LogP contribution >= 0.6 is 0 Å². The lowest BCUT2D eigenvalue weighted by Crippen LogP contribution is -2.34. The Morgan fingerprint density at radius 1 is 1.14 bits per heavy atom. The van der Waals surface area contributed by atoms with Gasteiger partial charge in [0.25, 0.3) is 5.56 Å². The van der Waals surface area contributed by atoms with E-state index in [1.807, 2.05) is 6.07 Å². The van der Waals surface area contributed by atoms with Crippen LogP contribution in [-0.4, -0.2) is 11.1 Å². The van der Waals surface area contributed by atoms with Crippen LogP contribution < -0.4 is 10.9 Å². The van der Waals surface area contributed by atoms with Crippen molar-refractivity contribution in [3.8, 4) is 0 Å². The Kier molecular flexibility index (Phi) is 6.25. The molecular formula is C19H32N2O. The monoisotopic (exact) mass is 304 g/mol. The molecule has 1 aromatic rings. The highest BCUT2D eigenvalue weighted by Crippen LogP contribution is 2.29. The molecule has 1 saturated carbocycles. The van der Waals surface area contributed by atoms with Gasteiger partial charge in [-0.1, -0.05) is 53.0 Å². The zero-order valence-electron chi connectivity index (χ0n) is 14.7. The molecule has 0 aromatic carbocycles. The molecule has 1 aliphatic rings. The maximum absolute atomic E-state index is 13.0.